The smallest absolute Gasteiger partial charge is 0.269 e. The van der Waals surface area contributed by atoms with Crippen molar-refractivity contribution in [2.24, 2.45) is 0 Å². The molecule has 0 radical (unpaired) electrons. The third kappa shape index (κ3) is 3.73. The van der Waals surface area contributed by atoms with Gasteiger partial charge in [-0.15, -0.1) is 0 Å². The molecule has 6 heteroatoms. The first-order chi connectivity index (χ1) is 10.1. The molecule has 0 atom stereocenters. The van der Waals surface area contributed by atoms with E-state index in [9.17, 15) is 14.7 Å². The fourth-order valence-corrected chi connectivity index (χ4v) is 1.67. The Bertz CT molecular complexity index is 670. The number of carbonyl (C=O) groups excluding carboxylic acids is 2. The summed E-state index contributed by atoms with van der Waals surface area (Å²) in [6.45, 7) is 0. The quantitative estimate of drug-likeness (QED) is 0.746. The summed E-state index contributed by atoms with van der Waals surface area (Å²) >= 11 is 0. The van der Waals surface area contributed by atoms with Crippen molar-refractivity contribution < 1.29 is 19.4 Å². The second kappa shape index (κ2) is 6.42. The molecule has 0 aromatic heterocycles. The molecule has 2 rings (SSSR count). The minimum atomic E-state index is -0.526. The van der Waals surface area contributed by atoms with Crippen LogP contribution >= 0.6 is 0 Å². The molecule has 0 heterocycles. The lowest BCUT2D eigenvalue weighted by Gasteiger charge is -2.08. The first kappa shape index (κ1) is 14.4. The minimum absolute atomic E-state index is 0.0261. The maximum Gasteiger partial charge on any atom is 0.269 e. The first-order valence-corrected chi connectivity index (χ1v) is 6.14. The zero-order valence-electron chi connectivity index (χ0n) is 11.3. The van der Waals surface area contributed by atoms with Crippen molar-refractivity contribution in [1.29, 1.82) is 0 Å². The number of nitrogens with one attached hydrogen (secondary N) is 2. The van der Waals surface area contributed by atoms with Crippen LogP contribution in [0.4, 0.5) is 0 Å². The monoisotopic (exact) mass is 286 g/mol. The number of rotatable bonds is 3. The molecule has 6 nitrogen and oxygen atoms in total. The molecule has 0 spiro atoms. The zero-order valence-corrected chi connectivity index (χ0v) is 11.3. The van der Waals surface area contributed by atoms with Gasteiger partial charge in [0.05, 0.1) is 7.11 Å². The van der Waals surface area contributed by atoms with E-state index in [0.29, 0.717) is 11.3 Å². The van der Waals surface area contributed by atoms with Crippen molar-refractivity contribution in [3.05, 3.63) is 59.7 Å². The number of benzene rings is 2. The fraction of sp³-hybridized carbons (Fsp3) is 0.0667. The van der Waals surface area contributed by atoms with E-state index in [-0.39, 0.29) is 11.3 Å². The summed E-state index contributed by atoms with van der Waals surface area (Å²) in [6.07, 6.45) is 0. The molecule has 2 aromatic carbocycles. The topological polar surface area (TPSA) is 87.7 Å². The number of hydrogen-bond acceptors (Lipinski definition) is 4. The van der Waals surface area contributed by atoms with Crippen LogP contribution in [0.1, 0.15) is 20.7 Å². The lowest BCUT2D eigenvalue weighted by molar-refractivity contribution is 0.0846. The van der Waals surface area contributed by atoms with Gasteiger partial charge >= 0.3 is 0 Å². The molecule has 0 fully saturated rings. The van der Waals surface area contributed by atoms with Crippen molar-refractivity contribution in [3.8, 4) is 11.5 Å². The number of phenolic OH excluding ortho intramolecular Hbond substituents is 1. The highest BCUT2D eigenvalue weighted by atomic mass is 16.5. The molecule has 0 unspecified atom stereocenters. The van der Waals surface area contributed by atoms with Crippen LogP contribution in [0.15, 0.2) is 48.5 Å². The minimum Gasteiger partial charge on any atom is -0.508 e. The van der Waals surface area contributed by atoms with Gasteiger partial charge < -0.3 is 9.84 Å². The maximum absolute atomic E-state index is 11.9. The molecular formula is C15H14N2O4. The number of hydrogen-bond donors (Lipinski definition) is 3. The normalized spacial score (nSPS) is 9.76. The number of methoxy groups -OCH3 is 1. The summed E-state index contributed by atoms with van der Waals surface area (Å²) in [7, 11) is 1.50. The summed E-state index contributed by atoms with van der Waals surface area (Å²) in [5.74, 6) is -0.478. The Morgan fingerprint density at radius 2 is 1.52 bits per heavy atom. The zero-order chi connectivity index (χ0) is 15.2. The molecule has 108 valence electrons. The van der Waals surface area contributed by atoms with Crippen LogP contribution in [0.2, 0.25) is 0 Å². The molecule has 0 saturated carbocycles. The number of carbonyl (C=O) groups is 2. The van der Waals surface area contributed by atoms with Crippen LogP contribution in [0, 0.1) is 0 Å². The molecule has 0 saturated heterocycles. The van der Waals surface area contributed by atoms with Crippen molar-refractivity contribution >= 4 is 11.8 Å². The molecular weight excluding hydrogens is 272 g/mol. The predicted molar refractivity (Wildman–Crippen MR) is 76.0 cm³/mol. The van der Waals surface area contributed by atoms with E-state index in [2.05, 4.69) is 10.9 Å². The lowest BCUT2D eigenvalue weighted by Crippen LogP contribution is -2.41. The van der Waals surface area contributed by atoms with Gasteiger partial charge in [-0.2, -0.15) is 0 Å². The SMILES string of the molecule is COc1cccc(C(=O)NNC(=O)c2cccc(O)c2)c1. The molecule has 0 aliphatic heterocycles. The van der Waals surface area contributed by atoms with Crippen LogP contribution in [-0.4, -0.2) is 24.0 Å². The Morgan fingerprint density at radius 1 is 0.952 bits per heavy atom. The number of amides is 2. The van der Waals surface area contributed by atoms with Crippen molar-refractivity contribution in [3.63, 3.8) is 0 Å². The van der Waals surface area contributed by atoms with E-state index in [1.54, 1.807) is 24.3 Å². The molecule has 2 aromatic rings. The van der Waals surface area contributed by atoms with Crippen molar-refractivity contribution in [1.82, 2.24) is 10.9 Å². The Hall–Kier alpha value is -3.02. The van der Waals surface area contributed by atoms with E-state index < -0.39 is 11.8 Å². The summed E-state index contributed by atoms with van der Waals surface area (Å²) in [4.78, 5) is 23.7. The number of hydrazine groups is 1. The summed E-state index contributed by atoms with van der Waals surface area (Å²) < 4.78 is 5.02. The van der Waals surface area contributed by atoms with Gasteiger partial charge in [-0.25, -0.2) is 0 Å². The molecule has 2 amide bonds. The van der Waals surface area contributed by atoms with E-state index >= 15 is 0 Å². The lowest BCUT2D eigenvalue weighted by atomic mass is 10.2. The van der Waals surface area contributed by atoms with Crippen LogP contribution in [0.3, 0.4) is 0 Å². The predicted octanol–water partition coefficient (Wildman–Crippen LogP) is 1.48. The molecule has 0 aliphatic rings. The maximum atomic E-state index is 11.9. The number of ether oxygens (including phenoxy) is 1. The molecule has 0 bridgehead atoms. The molecule has 0 aliphatic carbocycles. The standard InChI is InChI=1S/C15H14N2O4/c1-21-13-7-3-5-11(9-13)15(20)17-16-14(19)10-4-2-6-12(18)8-10/h2-9,18H,1H3,(H,16,19)(H,17,20). The van der Waals surface area contributed by atoms with E-state index in [0.717, 1.165) is 0 Å². The number of phenols is 1. The van der Waals surface area contributed by atoms with Crippen LogP contribution in [0.5, 0.6) is 11.5 Å². The van der Waals surface area contributed by atoms with Gasteiger partial charge in [0, 0.05) is 11.1 Å². The Morgan fingerprint density at radius 3 is 2.10 bits per heavy atom. The third-order valence-corrected chi connectivity index (χ3v) is 2.73. The Balaban J connectivity index is 1.99. The average Bonchev–Trinajstić information content (AvgIpc) is 2.52. The van der Waals surface area contributed by atoms with Crippen molar-refractivity contribution in [2.75, 3.05) is 7.11 Å². The molecule has 21 heavy (non-hydrogen) atoms. The van der Waals surface area contributed by atoms with Gasteiger partial charge in [0.15, 0.2) is 0 Å². The Kier molecular flexibility index (Phi) is 4.40. The highest BCUT2D eigenvalue weighted by molar-refractivity contribution is 5.99. The van der Waals surface area contributed by atoms with Crippen LogP contribution < -0.4 is 15.6 Å². The van der Waals surface area contributed by atoms with Crippen molar-refractivity contribution in [2.45, 2.75) is 0 Å². The van der Waals surface area contributed by atoms with Gasteiger partial charge in [-0.05, 0) is 36.4 Å². The number of aromatic hydroxyl groups is 1. The Labute approximate surface area is 121 Å². The van der Waals surface area contributed by atoms with Gasteiger partial charge in [-0.3, -0.25) is 20.4 Å². The largest absolute Gasteiger partial charge is 0.508 e. The van der Waals surface area contributed by atoms with Crippen LogP contribution in [-0.2, 0) is 0 Å². The van der Waals surface area contributed by atoms with Gasteiger partial charge in [0.1, 0.15) is 11.5 Å². The van der Waals surface area contributed by atoms with Gasteiger partial charge in [0.25, 0.3) is 11.8 Å². The van der Waals surface area contributed by atoms with Gasteiger partial charge in [-0.1, -0.05) is 12.1 Å². The molecule has 3 N–H and O–H groups in total. The van der Waals surface area contributed by atoms with Crippen LogP contribution in [0.25, 0.3) is 0 Å². The highest BCUT2D eigenvalue weighted by Crippen LogP contribution is 2.12. The van der Waals surface area contributed by atoms with E-state index in [1.807, 2.05) is 0 Å². The summed E-state index contributed by atoms with van der Waals surface area (Å²) in [6, 6.07) is 12.3. The fourth-order valence-electron chi connectivity index (χ4n) is 1.67. The summed E-state index contributed by atoms with van der Waals surface area (Å²) in [5.41, 5.74) is 5.15. The third-order valence-electron chi connectivity index (χ3n) is 2.73. The van der Waals surface area contributed by atoms with E-state index in [4.69, 9.17) is 4.74 Å². The second-order valence-corrected chi connectivity index (χ2v) is 4.19. The van der Waals surface area contributed by atoms with E-state index in [1.165, 1.54) is 31.4 Å². The second-order valence-electron chi connectivity index (χ2n) is 4.19. The van der Waals surface area contributed by atoms with Gasteiger partial charge in [0.2, 0.25) is 0 Å². The first-order valence-electron chi connectivity index (χ1n) is 6.14. The summed E-state index contributed by atoms with van der Waals surface area (Å²) in [5, 5.41) is 9.29. The highest BCUT2D eigenvalue weighted by Gasteiger charge is 2.10. The average molecular weight is 286 g/mol.